The van der Waals surface area contributed by atoms with Crippen LogP contribution >= 0.6 is 0 Å². The molecule has 4 N–H and O–H groups in total. The van der Waals surface area contributed by atoms with Crippen molar-refractivity contribution in [1.82, 2.24) is 10.6 Å². The van der Waals surface area contributed by atoms with E-state index in [9.17, 15) is 19.8 Å². The average molecular weight is 302 g/mol. The van der Waals surface area contributed by atoms with Crippen molar-refractivity contribution >= 4 is 11.8 Å². The molecule has 0 aliphatic rings. The van der Waals surface area contributed by atoms with Gasteiger partial charge in [0.25, 0.3) is 0 Å². The van der Waals surface area contributed by atoms with Gasteiger partial charge in [-0.05, 0) is 12.2 Å². The van der Waals surface area contributed by atoms with E-state index in [1.54, 1.807) is 0 Å². The van der Waals surface area contributed by atoms with Crippen LogP contribution in [-0.4, -0.2) is 61.9 Å². The van der Waals surface area contributed by atoms with Gasteiger partial charge in [0, 0.05) is 0 Å². The molecule has 0 fully saturated rings. The molecule has 21 heavy (non-hydrogen) atoms. The monoisotopic (exact) mass is 302 g/mol. The zero-order valence-electron chi connectivity index (χ0n) is 11.8. The number of ether oxygens (including phenoxy) is 2. The molecule has 0 bridgehead atoms. The summed E-state index contributed by atoms with van der Waals surface area (Å²) in [4.78, 5) is 21.8. The third kappa shape index (κ3) is 8.20. The molecule has 0 spiro atoms. The van der Waals surface area contributed by atoms with E-state index in [0.717, 1.165) is 12.2 Å². The lowest BCUT2D eigenvalue weighted by Crippen LogP contribution is -2.42. The normalized spacial score (nSPS) is 10.8. The van der Waals surface area contributed by atoms with Gasteiger partial charge in [-0.15, -0.1) is 0 Å². The Morgan fingerprint density at radius 1 is 0.952 bits per heavy atom. The Balaban J connectivity index is 4.10. The van der Waals surface area contributed by atoms with Gasteiger partial charge in [0.05, 0.1) is 31.8 Å². The van der Waals surface area contributed by atoms with Crippen LogP contribution in [0.2, 0.25) is 0 Å². The van der Waals surface area contributed by atoms with E-state index in [-0.39, 0.29) is 39.9 Å². The van der Waals surface area contributed by atoms with Gasteiger partial charge in [0.15, 0.2) is 0 Å². The van der Waals surface area contributed by atoms with Gasteiger partial charge in [-0.2, -0.15) is 0 Å². The number of aliphatic hydroxyl groups is 2. The number of nitrogens with one attached hydrogen (secondary N) is 2. The average Bonchev–Trinajstić information content (AvgIpc) is 2.53. The highest BCUT2D eigenvalue weighted by atomic mass is 16.5. The minimum absolute atomic E-state index is 0.0349. The summed E-state index contributed by atoms with van der Waals surface area (Å²) in [6, 6.07) is 0. The SMILES string of the molecule is C=CC(=O)NCOCC(CO)(CO)COCNC(=O)C=C. The van der Waals surface area contributed by atoms with Gasteiger partial charge in [-0.25, -0.2) is 0 Å². The first-order chi connectivity index (χ1) is 10.0. The summed E-state index contributed by atoms with van der Waals surface area (Å²) in [6.45, 7) is 5.57. The van der Waals surface area contributed by atoms with Crippen LogP contribution in [0.15, 0.2) is 25.3 Å². The van der Waals surface area contributed by atoms with Crippen LogP contribution in [-0.2, 0) is 19.1 Å². The lowest BCUT2D eigenvalue weighted by atomic mass is 9.92. The third-order valence-electron chi connectivity index (χ3n) is 2.56. The van der Waals surface area contributed by atoms with Crippen molar-refractivity contribution in [3.8, 4) is 0 Å². The first-order valence-corrected chi connectivity index (χ1v) is 6.21. The molecular formula is C13H22N2O6. The molecule has 0 aromatic heterocycles. The number of aliphatic hydroxyl groups excluding tert-OH is 2. The molecule has 2 amide bonds. The van der Waals surface area contributed by atoms with Gasteiger partial charge < -0.3 is 30.3 Å². The summed E-state index contributed by atoms with van der Waals surface area (Å²) in [6.07, 6.45) is 2.19. The molecule has 0 aliphatic carbocycles. The van der Waals surface area contributed by atoms with Gasteiger partial charge in [0.2, 0.25) is 11.8 Å². The van der Waals surface area contributed by atoms with Crippen molar-refractivity contribution in [3.63, 3.8) is 0 Å². The highest BCUT2D eigenvalue weighted by Crippen LogP contribution is 2.16. The van der Waals surface area contributed by atoms with E-state index in [0.29, 0.717) is 0 Å². The lowest BCUT2D eigenvalue weighted by molar-refractivity contribution is -0.121. The first-order valence-electron chi connectivity index (χ1n) is 6.21. The molecule has 0 radical (unpaired) electrons. The summed E-state index contributed by atoms with van der Waals surface area (Å²) in [5.74, 6) is -0.783. The van der Waals surface area contributed by atoms with E-state index in [2.05, 4.69) is 23.8 Å². The Hall–Kier alpha value is -1.74. The smallest absolute Gasteiger partial charge is 0.245 e. The molecule has 0 unspecified atom stereocenters. The minimum atomic E-state index is -1.03. The molecule has 120 valence electrons. The van der Waals surface area contributed by atoms with Gasteiger partial charge >= 0.3 is 0 Å². The second-order valence-electron chi connectivity index (χ2n) is 4.29. The molecule has 0 atom stereocenters. The second kappa shape index (κ2) is 11.0. The Morgan fingerprint density at radius 2 is 1.33 bits per heavy atom. The van der Waals surface area contributed by atoms with Crippen molar-refractivity contribution in [2.24, 2.45) is 5.41 Å². The minimum Gasteiger partial charge on any atom is -0.396 e. The van der Waals surface area contributed by atoms with Crippen LogP contribution in [0.3, 0.4) is 0 Å². The van der Waals surface area contributed by atoms with Gasteiger partial charge in [-0.1, -0.05) is 13.2 Å². The molecule has 0 aromatic rings. The van der Waals surface area contributed by atoms with E-state index in [1.165, 1.54) is 0 Å². The van der Waals surface area contributed by atoms with Crippen molar-refractivity contribution in [2.75, 3.05) is 39.9 Å². The molecule has 8 heteroatoms. The predicted molar refractivity (Wildman–Crippen MR) is 74.9 cm³/mol. The summed E-state index contributed by atoms with van der Waals surface area (Å²) in [5.41, 5.74) is -1.03. The molecule has 0 aromatic carbocycles. The van der Waals surface area contributed by atoms with Crippen molar-refractivity contribution in [3.05, 3.63) is 25.3 Å². The van der Waals surface area contributed by atoms with Crippen LogP contribution in [0.4, 0.5) is 0 Å². The van der Waals surface area contributed by atoms with Gasteiger partial charge in [0.1, 0.15) is 13.5 Å². The fraction of sp³-hybridized carbons (Fsp3) is 0.538. The highest BCUT2D eigenvalue weighted by molar-refractivity contribution is 5.86. The standard InChI is InChI=1S/C13H22N2O6/c1-3-11(18)14-9-20-7-13(5-16,6-17)8-21-10-15-12(19)4-2/h3-4,16-17H,1-2,5-10H2,(H,14,18)(H,15,19). The maximum absolute atomic E-state index is 10.9. The van der Waals surface area contributed by atoms with Crippen molar-refractivity contribution in [1.29, 1.82) is 0 Å². The molecule has 0 saturated heterocycles. The van der Waals surface area contributed by atoms with E-state index < -0.39 is 17.2 Å². The molecule has 8 nitrogen and oxygen atoms in total. The quantitative estimate of drug-likeness (QED) is 0.198. The van der Waals surface area contributed by atoms with Crippen LogP contribution < -0.4 is 10.6 Å². The zero-order valence-corrected chi connectivity index (χ0v) is 11.8. The van der Waals surface area contributed by atoms with Crippen molar-refractivity contribution in [2.45, 2.75) is 0 Å². The predicted octanol–water partition coefficient (Wildman–Crippen LogP) is -1.49. The Morgan fingerprint density at radius 3 is 1.62 bits per heavy atom. The third-order valence-corrected chi connectivity index (χ3v) is 2.56. The van der Waals surface area contributed by atoms with Gasteiger partial charge in [-0.3, -0.25) is 9.59 Å². The molecule has 0 heterocycles. The molecule has 0 saturated carbocycles. The van der Waals surface area contributed by atoms with Crippen LogP contribution in [0, 0.1) is 5.41 Å². The fourth-order valence-electron chi connectivity index (χ4n) is 1.20. The zero-order chi connectivity index (χ0) is 16.1. The Labute approximate surface area is 123 Å². The maximum atomic E-state index is 10.9. The second-order valence-corrected chi connectivity index (χ2v) is 4.29. The maximum Gasteiger partial charge on any atom is 0.245 e. The Kier molecular flexibility index (Phi) is 10.1. The number of rotatable bonds is 12. The van der Waals surface area contributed by atoms with Crippen LogP contribution in [0.5, 0.6) is 0 Å². The highest BCUT2D eigenvalue weighted by Gasteiger charge is 2.30. The van der Waals surface area contributed by atoms with Crippen LogP contribution in [0.25, 0.3) is 0 Å². The molecule has 0 aliphatic heterocycles. The summed E-state index contributed by atoms with van der Waals surface area (Å²) >= 11 is 0. The number of carbonyl (C=O) groups excluding carboxylic acids is 2. The number of hydrogen-bond donors (Lipinski definition) is 4. The molecular weight excluding hydrogens is 280 g/mol. The first kappa shape index (κ1) is 19.3. The van der Waals surface area contributed by atoms with E-state index >= 15 is 0 Å². The van der Waals surface area contributed by atoms with Crippen LogP contribution in [0.1, 0.15) is 0 Å². The summed E-state index contributed by atoms with van der Waals surface area (Å²) < 4.78 is 10.3. The largest absolute Gasteiger partial charge is 0.396 e. The Bertz CT molecular complexity index is 325. The number of hydrogen-bond acceptors (Lipinski definition) is 6. The topological polar surface area (TPSA) is 117 Å². The summed E-state index contributed by atoms with van der Waals surface area (Å²) in [5, 5.41) is 23.5. The fourth-order valence-corrected chi connectivity index (χ4v) is 1.20. The summed E-state index contributed by atoms with van der Waals surface area (Å²) in [7, 11) is 0. The molecule has 0 rings (SSSR count). The van der Waals surface area contributed by atoms with E-state index in [1.807, 2.05) is 0 Å². The number of carbonyl (C=O) groups is 2. The number of amides is 2. The van der Waals surface area contributed by atoms with E-state index in [4.69, 9.17) is 9.47 Å². The lowest BCUT2D eigenvalue weighted by Gasteiger charge is -2.29. The van der Waals surface area contributed by atoms with Crippen molar-refractivity contribution < 1.29 is 29.3 Å².